The summed E-state index contributed by atoms with van der Waals surface area (Å²) >= 11 is 1.75. The molecule has 10 heteroatoms. The van der Waals surface area contributed by atoms with Crippen LogP contribution in [0.2, 0.25) is 0 Å². The van der Waals surface area contributed by atoms with Crippen LogP contribution < -0.4 is 5.32 Å². The summed E-state index contributed by atoms with van der Waals surface area (Å²) in [6.45, 7) is 9.57. The quantitative estimate of drug-likeness (QED) is 0.465. The Labute approximate surface area is 204 Å². The average Bonchev–Trinajstić information content (AvgIpc) is 2.77. The molecule has 0 spiro atoms. The maximum absolute atomic E-state index is 13.2. The van der Waals surface area contributed by atoms with Crippen LogP contribution in [0.15, 0.2) is 34.1 Å². The predicted molar refractivity (Wildman–Crippen MR) is 136 cm³/mol. The predicted octanol–water partition coefficient (Wildman–Crippen LogP) is 3.05. The molecule has 1 aliphatic heterocycles. The standard InChI is InChI=1S/C22H38N4O3S2.ClH/c1-5-25(6-2)16-17-30-19-9-11-20(12-10-19)31(28,29)21-8-7-14-26(18-21)22(27)23-13-15-24(3)4;/h9-12,21H,5-8,13-18H2,1-4H3,(H,23,27);1H. The summed E-state index contributed by atoms with van der Waals surface area (Å²) in [5.41, 5.74) is 0. The number of nitrogens with zero attached hydrogens (tertiary/aromatic N) is 3. The van der Waals surface area contributed by atoms with E-state index in [1.165, 1.54) is 0 Å². The number of nitrogens with one attached hydrogen (secondary N) is 1. The van der Waals surface area contributed by atoms with E-state index in [0.29, 0.717) is 30.8 Å². The van der Waals surface area contributed by atoms with Gasteiger partial charge in [0.1, 0.15) is 0 Å². The highest BCUT2D eigenvalue weighted by atomic mass is 35.5. The summed E-state index contributed by atoms with van der Waals surface area (Å²) in [6.07, 6.45) is 1.29. The number of halogens is 1. The molecule has 184 valence electrons. The van der Waals surface area contributed by atoms with Crippen molar-refractivity contribution in [2.45, 2.75) is 41.7 Å². The van der Waals surface area contributed by atoms with E-state index in [9.17, 15) is 13.2 Å². The van der Waals surface area contributed by atoms with Crippen molar-refractivity contribution in [3.8, 4) is 0 Å². The number of hydrogen-bond acceptors (Lipinski definition) is 6. The molecule has 0 aromatic heterocycles. The number of benzene rings is 1. The Balaban J connectivity index is 0.00000512. The second-order valence-corrected chi connectivity index (χ2v) is 11.5. The molecule has 1 fully saturated rings. The highest BCUT2D eigenvalue weighted by Crippen LogP contribution is 2.26. The van der Waals surface area contributed by atoms with Crippen molar-refractivity contribution < 1.29 is 13.2 Å². The molecule has 1 unspecified atom stereocenters. The fraction of sp³-hybridized carbons (Fsp3) is 0.682. The third kappa shape index (κ3) is 8.74. The number of amides is 2. The zero-order valence-corrected chi connectivity index (χ0v) is 22.2. The van der Waals surface area contributed by atoms with Crippen molar-refractivity contribution >= 4 is 40.0 Å². The van der Waals surface area contributed by atoms with Crippen LogP contribution in [-0.4, -0.2) is 100 Å². The maximum atomic E-state index is 13.2. The lowest BCUT2D eigenvalue weighted by Crippen LogP contribution is -2.49. The molecule has 2 rings (SSSR count). The summed E-state index contributed by atoms with van der Waals surface area (Å²) < 4.78 is 26.3. The van der Waals surface area contributed by atoms with Crippen LogP contribution in [0.25, 0.3) is 0 Å². The Kier molecular flexibility index (Phi) is 13.0. The molecular formula is C22H39ClN4O3S2. The first kappa shape index (κ1) is 29.0. The van der Waals surface area contributed by atoms with Gasteiger partial charge in [-0.25, -0.2) is 13.2 Å². The van der Waals surface area contributed by atoms with Crippen LogP contribution in [0.5, 0.6) is 0 Å². The minimum atomic E-state index is -3.47. The number of sulfone groups is 1. The van der Waals surface area contributed by atoms with Gasteiger partial charge in [0.05, 0.1) is 10.1 Å². The smallest absolute Gasteiger partial charge is 0.317 e. The summed E-state index contributed by atoms with van der Waals surface area (Å²) in [4.78, 5) is 19.9. The van der Waals surface area contributed by atoms with Crippen molar-refractivity contribution in [2.75, 3.05) is 65.7 Å². The number of likely N-dealkylation sites (tertiary alicyclic amines) is 1. The Morgan fingerprint density at radius 2 is 1.81 bits per heavy atom. The minimum Gasteiger partial charge on any atom is -0.337 e. The van der Waals surface area contributed by atoms with Crippen molar-refractivity contribution in [3.05, 3.63) is 24.3 Å². The molecule has 0 saturated carbocycles. The van der Waals surface area contributed by atoms with E-state index in [2.05, 4.69) is 24.1 Å². The zero-order chi connectivity index (χ0) is 22.9. The molecule has 1 aromatic carbocycles. The first-order chi connectivity index (χ1) is 14.8. The Morgan fingerprint density at radius 1 is 1.16 bits per heavy atom. The molecule has 0 radical (unpaired) electrons. The number of thioether (sulfide) groups is 1. The number of carbonyl (C=O) groups is 1. The SMILES string of the molecule is CCN(CC)CCSc1ccc(S(=O)(=O)C2CCCN(C(=O)NCCN(C)C)C2)cc1.Cl. The van der Waals surface area contributed by atoms with Gasteiger partial charge < -0.3 is 20.0 Å². The minimum absolute atomic E-state index is 0. The molecule has 2 amide bonds. The molecular weight excluding hydrogens is 468 g/mol. The molecule has 1 aliphatic rings. The first-order valence-electron chi connectivity index (χ1n) is 11.1. The number of urea groups is 1. The van der Waals surface area contributed by atoms with Crippen LogP contribution in [0.1, 0.15) is 26.7 Å². The lowest BCUT2D eigenvalue weighted by molar-refractivity contribution is 0.186. The van der Waals surface area contributed by atoms with E-state index in [1.807, 2.05) is 31.1 Å². The number of likely N-dealkylation sites (N-methyl/N-ethyl adjacent to an activating group) is 1. The van der Waals surface area contributed by atoms with Gasteiger partial charge in [-0.15, -0.1) is 24.2 Å². The van der Waals surface area contributed by atoms with Gasteiger partial charge in [0.15, 0.2) is 9.84 Å². The molecule has 7 nitrogen and oxygen atoms in total. The molecule has 0 aliphatic carbocycles. The highest BCUT2D eigenvalue weighted by molar-refractivity contribution is 7.99. The van der Waals surface area contributed by atoms with E-state index in [4.69, 9.17) is 0 Å². The van der Waals surface area contributed by atoms with Crippen LogP contribution in [-0.2, 0) is 9.84 Å². The third-order valence-corrected chi connectivity index (χ3v) is 8.85. The zero-order valence-electron chi connectivity index (χ0n) is 19.7. The largest absolute Gasteiger partial charge is 0.337 e. The van der Waals surface area contributed by atoms with Gasteiger partial charge in [0.2, 0.25) is 0 Å². The molecule has 1 saturated heterocycles. The van der Waals surface area contributed by atoms with E-state index in [0.717, 1.165) is 36.8 Å². The van der Waals surface area contributed by atoms with Gasteiger partial charge in [-0.3, -0.25) is 0 Å². The molecule has 1 aromatic rings. The van der Waals surface area contributed by atoms with Crippen LogP contribution in [0, 0.1) is 0 Å². The highest BCUT2D eigenvalue weighted by Gasteiger charge is 2.33. The Hall–Kier alpha value is -1.00. The summed E-state index contributed by atoms with van der Waals surface area (Å²) in [7, 11) is 0.429. The molecule has 1 atom stereocenters. The van der Waals surface area contributed by atoms with E-state index < -0.39 is 15.1 Å². The number of piperidine rings is 1. The molecule has 1 N–H and O–H groups in total. The third-order valence-electron chi connectivity index (χ3n) is 5.66. The van der Waals surface area contributed by atoms with E-state index in [-0.39, 0.29) is 25.0 Å². The second-order valence-electron chi connectivity index (χ2n) is 8.14. The maximum Gasteiger partial charge on any atom is 0.317 e. The topological polar surface area (TPSA) is 73.0 Å². The Bertz CT molecular complexity index is 787. The summed E-state index contributed by atoms with van der Waals surface area (Å²) in [5, 5.41) is 2.33. The number of carbonyl (C=O) groups excluding carboxylic acids is 1. The van der Waals surface area contributed by atoms with Gasteiger partial charge in [-0.2, -0.15) is 0 Å². The van der Waals surface area contributed by atoms with Gasteiger partial charge in [0, 0.05) is 43.4 Å². The molecule has 32 heavy (non-hydrogen) atoms. The molecule has 1 heterocycles. The van der Waals surface area contributed by atoms with E-state index in [1.54, 1.807) is 28.8 Å². The number of rotatable bonds is 11. The normalized spacial score (nSPS) is 16.8. The Morgan fingerprint density at radius 3 is 2.41 bits per heavy atom. The number of hydrogen-bond donors (Lipinski definition) is 1. The van der Waals surface area contributed by atoms with Crippen molar-refractivity contribution in [2.24, 2.45) is 0 Å². The van der Waals surface area contributed by atoms with Crippen molar-refractivity contribution in [1.82, 2.24) is 20.0 Å². The van der Waals surface area contributed by atoms with Gasteiger partial charge in [-0.1, -0.05) is 13.8 Å². The molecule has 0 bridgehead atoms. The van der Waals surface area contributed by atoms with Crippen LogP contribution in [0.4, 0.5) is 4.79 Å². The van der Waals surface area contributed by atoms with Crippen LogP contribution >= 0.6 is 24.2 Å². The monoisotopic (exact) mass is 506 g/mol. The summed E-state index contributed by atoms with van der Waals surface area (Å²) in [5.74, 6) is 0.980. The fourth-order valence-corrected chi connectivity index (χ4v) is 6.29. The van der Waals surface area contributed by atoms with Gasteiger partial charge in [-0.05, 0) is 64.3 Å². The lowest BCUT2D eigenvalue weighted by Gasteiger charge is -2.32. The van der Waals surface area contributed by atoms with Gasteiger partial charge >= 0.3 is 6.03 Å². The lowest BCUT2D eigenvalue weighted by atomic mass is 10.1. The van der Waals surface area contributed by atoms with Crippen LogP contribution in [0.3, 0.4) is 0 Å². The van der Waals surface area contributed by atoms with Crippen molar-refractivity contribution in [3.63, 3.8) is 0 Å². The average molecular weight is 507 g/mol. The fourth-order valence-electron chi connectivity index (χ4n) is 3.62. The summed E-state index contributed by atoms with van der Waals surface area (Å²) in [6, 6.07) is 7.04. The first-order valence-corrected chi connectivity index (χ1v) is 13.7. The second kappa shape index (κ2) is 14.3. The van der Waals surface area contributed by atoms with Gasteiger partial charge in [0.25, 0.3) is 0 Å². The van der Waals surface area contributed by atoms with E-state index >= 15 is 0 Å². The van der Waals surface area contributed by atoms with Crippen molar-refractivity contribution in [1.29, 1.82) is 0 Å².